The summed E-state index contributed by atoms with van der Waals surface area (Å²) in [7, 11) is 6.30. The molecule has 7 heteroatoms. The van der Waals surface area contributed by atoms with Gasteiger partial charge in [-0.05, 0) is 35.4 Å². The molecule has 0 N–H and O–H groups in total. The lowest BCUT2D eigenvalue weighted by molar-refractivity contribution is 0.0592. The highest BCUT2D eigenvalue weighted by Gasteiger charge is 2.32. The molecule has 0 saturated carbocycles. The van der Waals surface area contributed by atoms with Gasteiger partial charge in [-0.25, -0.2) is 4.79 Å². The van der Waals surface area contributed by atoms with Gasteiger partial charge in [-0.3, -0.25) is 0 Å². The van der Waals surface area contributed by atoms with E-state index in [2.05, 4.69) is 22.8 Å². The van der Waals surface area contributed by atoms with Crippen LogP contribution in [0.25, 0.3) is 49.7 Å². The summed E-state index contributed by atoms with van der Waals surface area (Å²) in [4.78, 5) is 13.4. The molecule has 0 atom stereocenters. The Kier molecular flexibility index (Phi) is 5.10. The van der Waals surface area contributed by atoms with Crippen molar-refractivity contribution in [1.82, 2.24) is 8.97 Å². The predicted molar refractivity (Wildman–Crippen MR) is 151 cm³/mol. The molecule has 194 valence electrons. The molecule has 39 heavy (non-hydrogen) atoms. The summed E-state index contributed by atoms with van der Waals surface area (Å²) in [6.07, 6.45) is 0. The van der Waals surface area contributed by atoms with Gasteiger partial charge in [0.1, 0.15) is 5.69 Å². The Hall–Kier alpha value is -4.91. The van der Waals surface area contributed by atoms with Crippen LogP contribution in [0.5, 0.6) is 17.2 Å². The van der Waals surface area contributed by atoms with E-state index in [0.29, 0.717) is 29.5 Å². The molecule has 0 aliphatic carbocycles. The van der Waals surface area contributed by atoms with Crippen LogP contribution >= 0.6 is 0 Å². The Morgan fingerprint density at radius 1 is 0.769 bits per heavy atom. The van der Waals surface area contributed by atoms with Crippen molar-refractivity contribution >= 4 is 33.3 Å². The minimum Gasteiger partial charge on any atom is -0.493 e. The van der Waals surface area contributed by atoms with Crippen LogP contribution in [0, 0.1) is 0 Å². The van der Waals surface area contributed by atoms with Crippen molar-refractivity contribution in [2.75, 3.05) is 28.4 Å². The van der Waals surface area contributed by atoms with Crippen molar-refractivity contribution in [3.05, 3.63) is 84.1 Å². The highest BCUT2D eigenvalue weighted by molar-refractivity contribution is 6.19. The molecule has 0 radical (unpaired) electrons. The lowest BCUT2D eigenvalue weighted by Gasteiger charge is -2.19. The lowest BCUT2D eigenvalue weighted by Crippen LogP contribution is -2.09. The van der Waals surface area contributed by atoms with Gasteiger partial charge in [-0.1, -0.05) is 48.5 Å². The van der Waals surface area contributed by atoms with E-state index in [4.69, 9.17) is 18.9 Å². The first-order valence-corrected chi connectivity index (χ1v) is 12.7. The molecule has 6 aromatic rings. The van der Waals surface area contributed by atoms with E-state index in [-0.39, 0.29) is 0 Å². The summed E-state index contributed by atoms with van der Waals surface area (Å²) in [6, 6.07) is 24.5. The van der Waals surface area contributed by atoms with E-state index in [9.17, 15) is 4.79 Å². The molecule has 0 spiro atoms. The zero-order chi connectivity index (χ0) is 26.8. The number of esters is 1. The zero-order valence-electron chi connectivity index (χ0n) is 22.1. The van der Waals surface area contributed by atoms with Crippen molar-refractivity contribution in [2.24, 2.45) is 0 Å². The number of rotatable bonds is 5. The minimum absolute atomic E-state index is 0.406. The van der Waals surface area contributed by atoms with Gasteiger partial charge in [0.15, 0.2) is 11.5 Å². The summed E-state index contributed by atoms with van der Waals surface area (Å²) >= 11 is 0. The molecule has 0 amide bonds. The Labute approximate surface area is 224 Å². The summed E-state index contributed by atoms with van der Waals surface area (Å²) in [5.74, 6) is 1.30. The molecule has 0 saturated heterocycles. The van der Waals surface area contributed by atoms with Gasteiger partial charge in [-0.2, -0.15) is 0 Å². The molecule has 0 bridgehead atoms. The standard InChI is InChI=1S/C32H26N2O5/c1-36-26-14-19-17-33-23-13-9-8-12-20(23)21-15-25(32(35)39-4)34-24(18-10-6-5-7-11-18)16-22(29(34)28(21)33)27(19)31(38-3)30(26)37-2/h5-16H,17H2,1-4H3. The average Bonchev–Trinajstić information content (AvgIpc) is 3.48. The van der Waals surface area contributed by atoms with Gasteiger partial charge in [0.2, 0.25) is 5.75 Å². The largest absolute Gasteiger partial charge is 0.493 e. The monoisotopic (exact) mass is 518 g/mol. The summed E-state index contributed by atoms with van der Waals surface area (Å²) in [5, 5.41) is 2.06. The molecule has 0 fully saturated rings. The van der Waals surface area contributed by atoms with E-state index in [1.165, 1.54) is 7.11 Å². The fraction of sp³-hybridized carbons (Fsp3) is 0.156. The van der Waals surface area contributed by atoms with Crippen LogP contribution in [0.1, 0.15) is 16.1 Å². The number of pyridine rings is 1. The maximum atomic E-state index is 13.4. The van der Waals surface area contributed by atoms with Gasteiger partial charge < -0.3 is 27.9 Å². The smallest absolute Gasteiger partial charge is 0.355 e. The highest BCUT2D eigenvalue weighted by atomic mass is 16.5. The Morgan fingerprint density at radius 2 is 1.51 bits per heavy atom. The Balaban J connectivity index is 1.78. The zero-order valence-corrected chi connectivity index (χ0v) is 22.1. The number of aromatic nitrogens is 2. The van der Waals surface area contributed by atoms with E-state index >= 15 is 0 Å². The maximum Gasteiger partial charge on any atom is 0.355 e. The first-order valence-electron chi connectivity index (χ1n) is 12.7. The van der Waals surface area contributed by atoms with Crippen LogP contribution in [0.4, 0.5) is 0 Å². The van der Waals surface area contributed by atoms with Crippen molar-refractivity contribution in [3.8, 4) is 39.6 Å². The number of ether oxygens (including phenoxy) is 4. The minimum atomic E-state index is -0.406. The number of para-hydroxylation sites is 1. The van der Waals surface area contributed by atoms with Crippen molar-refractivity contribution in [1.29, 1.82) is 0 Å². The first kappa shape index (κ1) is 23.2. The lowest BCUT2D eigenvalue weighted by atomic mass is 9.97. The SMILES string of the molecule is COC(=O)c1cc2c3ccccc3n3c2c2c(cc(-c4ccccc4)n12)-c1c(cc(OC)c(OC)c1OC)C3. The second-order valence-electron chi connectivity index (χ2n) is 9.56. The second kappa shape index (κ2) is 8.56. The number of carbonyl (C=O) groups is 1. The summed E-state index contributed by atoms with van der Waals surface area (Å²) in [5.41, 5.74) is 8.21. The number of hydrogen-bond acceptors (Lipinski definition) is 5. The number of nitrogens with zero attached hydrogens (tertiary/aromatic N) is 2. The van der Waals surface area contributed by atoms with Gasteiger partial charge in [-0.15, -0.1) is 0 Å². The number of methoxy groups -OCH3 is 4. The number of carbonyl (C=O) groups excluding carboxylic acids is 1. The van der Waals surface area contributed by atoms with Crippen molar-refractivity contribution in [2.45, 2.75) is 6.54 Å². The Bertz CT molecular complexity index is 1950. The third-order valence-corrected chi connectivity index (χ3v) is 7.73. The summed E-state index contributed by atoms with van der Waals surface area (Å²) in [6.45, 7) is 0.582. The summed E-state index contributed by atoms with van der Waals surface area (Å²) < 4.78 is 27.2. The van der Waals surface area contributed by atoms with Crippen LogP contribution in [-0.2, 0) is 11.3 Å². The maximum absolute atomic E-state index is 13.4. The molecular formula is C32H26N2O5. The van der Waals surface area contributed by atoms with Crippen LogP contribution in [0.2, 0.25) is 0 Å². The number of fused-ring (bicyclic) bond motifs is 5. The van der Waals surface area contributed by atoms with Gasteiger partial charge in [0, 0.05) is 34.0 Å². The predicted octanol–water partition coefficient (Wildman–Crippen LogP) is 6.56. The fourth-order valence-electron chi connectivity index (χ4n) is 6.16. The fourth-order valence-corrected chi connectivity index (χ4v) is 6.16. The molecule has 7 nitrogen and oxygen atoms in total. The number of hydrogen-bond donors (Lipinski definition) is 0. The highest BCUT2D eigenvalue weighted by Crippen LogP contribution is 2.52. The van der Waals surface area contributed by atoms with Crippen LogP contribution in [0.3, 0.4) is 0 Å². The molecule has 7 rings (SSSR count). The third kappa shape index (κ3) is 3.07. The van der Waals surface area contributed by atoms with E-state index in [1.54, 1.807) is 21.3 Å². The van der Waals surface area contributed by atoms with Gasteiger partial charge >= 0.3 is 5.97 Å². The van der Waals surface area contributed by atoms with Crippen molar-refractivity contribution < 1.29 is 23.7 Å². The third-order valence-electron chi connectivity index (χ3n) is 7.73. The van der Waals surface area contributed by atoms with Crippen molar-refractivity contribution in [3.63, 3.8) is 0 Å². The topological polar surface area (TPSA) is 63.3 Å². The van der Waals surface area contributed by atoms with E-state index in [1.807, 2.05) is 59.0 Å². The van der Waals surface area contributed by atoms with Crippen LogP contribution in [-0.4, -0.2) is 43.4 Å². The molecule has 0 unspecified atom stereocenters. The normalized spacial score (nSPS) is 12.1. The van der Waals surface area contributed by atoms with Crippen LogP contribution in [0.15, 0.2) is 72.8 Å². The Morgan fingerprint density at radius 3 is 2.23 bits per heavy atom. The van der Waals surface area contributed by atoms with Crippen LogP contribution < -0.4 is 14.2 Å². The molecule has 4 heterocycles. The molecular weight excluding hydrogens is 492 g/mol. The van der Waals surface area contributed by atoms with Gasteiger partial charge in [0.05, 0.1) is 45.2 Å². The second-order valence-corrected chi connectivity index (χ2v) is 9.56. The molecule has 3 aromatic carbocycles. The quantitative estimate of drug-likeness (QED) is 0.242. The van der Waals surface area contributed by atoms with Gasteiger partial charge in [0.25, 0.3) is 0 Å². The average molecular weight is 519 g/mol. The van der Waals surface area contributed by atoms with E-state index < -0.39 is 5.97 Å². The molecule has 3 aromatic heterocycles. The molecule has 1 aliphatic rings. The molecule has 1 aliphatic heterocycles. The van der Waals surface area contributed by atoms with E-state index in [0.717, 1.165) is 55.3 Å². The number of benzene rings is 3. The first-order chi connectivity index (χ1) is 19.1.